The molecular weight excluding hydrogens is 408 g/mol. The summed E-state index contributed by atoms with van der Waals surface area (Å²) >= 11 is 0. The van der Waals surface area contributed by atoms with Crippen LogP contribution in [0.15, 0.2) is 12.2 Å². The van der Waals surface area contributed by atoms with E-state index in [4.69, 9.17) is 11.5 Å². The number of likely N-dealkylation sites (tertiary alicyclic amines) is 1. The highest BCUT2D eigenvalue weighted by Gasteiger charge is 2.46. The molecule has 2 rings (SSSR count). The topological polar surface area (TPSA) is 136 Å². The highest BCUT2D eigenvalue weighted by atomic mass is 16.2. The summed E-state index contributed by atoms with van der Waals surface area (Å²) in [6, 6.07) is -2.58. The van der Waals surface area contributed by atoms with Crippen LogP contribution in [0.5, 0.6) is 0 Å². The lowest BCUT2D eigenvalue weighted by Gasteiger charge is -2.35. The van der Waals surface area contributed by atoms with Gasteiger partial charge in [-0.05, 0) is 30.1 Å². The second-order valence-electron chi connectivity index (χ2n) is 10.8. The molecule has 1 aliphatic carbocycles. The van der Waals surface area contributed by atoms with Crippen LogP contribution >= 0.6 is 0 Å². The van der Waals surface area contributed by atoms with Crippen molar-refractivity contribution in [1.29, 1.82) is 0 Å². The molecule has 1 heterocycles. The molecule has 0 aromatic rings. The van der Waals surface area contributed by atoms with Crippen molar-refractivity contribution in [2.75, 3.05) is 6.54 Å². The van der Waals surface area contributed by atoms with Crippen molar-refractivity contribution in [2.24, 2.45) is 34.6 Å². The molecule has 32 heavy (non-hydrogen) atoms. The summed E-state index contributed by atoms with van der Waals surface area (Å²) in [4.78, 5) is 52.3. The van der Waals surface area contributed by atoms with Gasteiger partial charge < -0.3 is 21.7 Å². The maximum absolute atomic E-state index is 13.5. The second kappa shape index (κ2) is 10.1. The van der Waals surface area contributed by atoms with Crippen LogP contribution in [0.3, 0.4) is 0 Å². The van der Waals surface area contributed by atoms with E-state index in [1.807, 2.05) is 34.6 Å². The standard InChI is InChI=1S/C24H40N4O4/c1-13(2)14(3)16-10-11-28(23(32)20(25)24(4,5)6)18(16)22(31)27-17(19(29)21(26)30)12-15-8-7-9-15/h13,15-18,20H,3,7-12,25H2,1-2,4-6H3,(H2,26,30)(H,27,31)/t16-,17?,18+,20-/m1/s1. The van der Waals surface area contributed by atoms with E-state index in [9.17, 15) is 19.2 Å². The zero-order valence-electron chi connectivity index (χ0n) is 20.1. The molecule has 2 aliphatic rings. The average molecular weight is 449 g/mol. The third-order valence-corrected chi connectivity index (χ3v) is 7.04. The molecule has 0 bridgehead atoms. The second-order valence-corrected chi connectivity index (χ2v) is 10.8. The Morgan fingerprint density at radius 1 is 1.12 bits per heavy atom. The molecule has 1 saturated carbocycles. The van der Waals surface area contributed by atoms with Gasteiger partial charge in [0.1, 0.15) is 6.04 Å². The van der Waals surface area contributed by atoms with Gasteiger partial charge in [-0.1, -0.05) is 66.0 Å². The van der Waals surface area contributed by atoms with Crippen LogP contribution in [0, 0.1) is 23.2 Å². The Hall–Kier alpha value is -2.22. The van der Waals surface area contributed by atoms with Gasteiger partial charge in [-0.3, -0.25) is 19.2 Å². The molecule has 1 aliphatic heterocycles. The van der Waals surface area contributed by atoms with E-state index in [1.165, 1.54) is 4.90 Å². The van der Waals surface area contributed by atoms with Gasteiger partial charge in [-0.15, -0.1) is 0 Å². The minimum atomic E-state index is -1.06. The maximum Gasteiger partial charge on any atom is 0.287 e. The fraction of sp³-hybridized carbons (Fsp3) is 0.750. The van der Waals surface area contributed by atoms with Gasteiger partial charge in [-0.25, -0.2) is 0 Å². The normalized spacial score (nSPS) is 23.4. The molecule has 0 spiro atoms. The van der Waals surface area contributed by atoms with Gasteiger partial charge in [0.05, 0.1) is 12.1 Å². The number of rotatable bonds is 9. The number of nitrogens with zero attached hydrogens (tertiary/aromatic N) is 1. The first-order valence-corrected chi connectivity index (χ1v) is 11.6. The molecule has 1 saturated heterocycles. The summed E-state index contributed by atoms with van der Waals surface area (Å²) in [7, 11) is 0. The Kier molecular flexibility index (Phi) is 8.26. The average Bonchev–Trinajstić information content (AvgIpc) is 3.11. The van der Waals surface area contributed by atoms with E-state index >= 15 is 0 Å². The van der Waals surface area contributed by atoms with E-state index in [0.29, 0.717) is 19.4 Å². The number of ketones is 1. The molecule has 180 valence electrons. The first kappa shape index (κ1) is 26.0. The number of nitrogens with two attached hydrogens (primary N) is 2. The van der Waals surface area contributed by atoms with Crippen molar-refractivity contribution in [3.63, 3.8) is 0 Å². The highest BCUT2D eigenvalue weighted by Crippen LogP contribution is 2.35. The van der Waals surface area contributed by atoms with Crippen molar-refractivity contribution in [1.82, 2.24) is 10.2 Å². The number of carbonyl (C=O) groups excluding carboxylic acids is 4. The summed E-state index contributed by atoms with van der Waals surface area (Å²) in [6.45, 7) is 14.2. The zero-order valence-corrected chi connectivity index (χ0v) is 20.1. The first-order valence-electron chi connectivity index (χ1n) is 11.6. The lowest BCUT2D eigenvalue weighted by Crippen LogP contribution is -2.58. The van der Waals surface area contributed by atoms with Gasteiger partial charge in [-0.2, -0.15) is 0 Å². The van der Waals surface area contributed by atoms with E-state index in [0.717, 1.165) is 24.8 Å². The number of Topliss-reactive ketones (excluding diaryl/α,β-unsaturated/α-hetero) is 1. The van der Waals surface area contributed by atoms with E-state index < -0.39 is 41.1 Å². The van der Waals surface area contributed by atoms with Crippen molar-refractivity contribution < 1.29 is 19.2 Å². The predicted molar refractivity (Wildman–Crippen MR) is 123 cm³/mol. The maximum atomic E-state index is 13.5. The van der Waals surface area contributed by atoms with Crippen molar-refractivity contribution in [3.8, 4) is 0 Å². The van der Waals surface area contributed by atoms with Crippen LogP contribution < -0.4 is 16.8 Å². The number of primary amides is 1. The van der Waals surface area contributed by atoms with Crippen molar-refractivity contribution >= 4 is 23.5 Å². The molecule has 0 radical (unpaired) electrons. The molecule has 1 unspecified atom stereocenters. The lowest BCUT2D eigenvalue weighted by atomic mass is 9.79. The molecule has 8 nitrogen and oxygen atoms in total. The Balaban J connectivity index is 2.31. The van der Waals surface area contributed by atoms with Crippen molar-refractivity contribution in [2.45, 2.75) is 84.8 Å². The van der Waals surface area contributed by atoms with Crippen molar-refractivity contribution in [3.05, 3.63) is 12.2 Å². The number of carbonyl (C=O) groups is 4. The van der Waals surface area contributed by atoms with Crippen LogP contribution in [0.4, 0.5) is 0 Å². The molecule has 5 N–H and O–H groups in total. The molecule has 4 atom stereocenters. The summed E-state index contributed by atoms with van der Waals surface area (Å²) in [5.74, 6) is -2.46. The molecule has 8 heteroatoms. The fourth-order valence-corrected chi connectivity index (χ4v) is 4.45. The van der Waals surface area contributed by atoms with Crippen LogP contribution in [0.1, 0.15) is 66.7 Å². The van der Waals surface area contributed by atoms with Crippen LogP contribution in [-0.4, -0.2) is 53.1 Å². The number of hydrogen-bond donors (Lipinski definition) is 3. The molecule has 3 amide bonds. The number of nitrogens with one attached hydrogen (secondary N) is 1. The monoisotopic (exact) mass is 448 g/mol. The largest absolute Gasteiger partial charge is 0.363 e. The third kappa shape index (κ3) is 5.77. The van der Waals surface area contributed by atoms with Gasteiger partial charge in [0, 0.05) is 12.5 Å². The van der Waals surface area contributed by atoms with E-state index in [2.05, 4.69) is 11.9 Å². The first-order chi connectivity index (χ1) is 14.8. The zero-order chi connectivity index (χ0) is 24.4. The van der Waals surface area contributed by atoms with Crippen LogP contribution in [0.2, 0.25) is 0 Å². The summed E-state index contributed by atoms with van der Waals surface area (Å²) in [6.07, 6.45) is 3.96. The Bertz CT molecular complexity index is 766. The SMILES string of the molecule is C=C(C(C)C)[C@H]1CCN(C(=O)[C@@H](N)C(C)(C)C)[C@@H]1C(=O)NC(CC1CCC1)C(=O)C(N)=O. The Morgan fingerprint density at radius 3 is 2.16 bits per heavy atom. The van der Waals surface area contributed by atoms with Gasteiger partial charge in [0.15, 0.2) is 0 Å². The summed E-state index contributed by atoms with van der Waals surface area (Å²) in [5, 5.41) is 2.76. The minimum Gasteiger partial charge on any atom is -0.363 e. The van der Waals surface area contributed by atoms with E-state index in [1.54, 1.807) is 0 Å². The number of hydrogen-bond acceptors (Lipinski definition) is 5. The molecule has 0 aromatic carbocycles. The Labute approximate surface area is 191 Å². The quantitative estimate of drug-likeness (QED) is 0.363. The fourth-order valence-electron chi connectivity index (χ4n) is 4.45. The Morgan fingerprint density at radius 2 is 1.72 bits per heavy atom. The van der Waals surface area contributed by atoms with Crippen LogP contribution in [0.25, 0.3) is 0 Å². The molecule has 0 aromatic heterocycles. The van der Waals surface area contributed by atoms with Gasteiger partial charge >= 0.3 is 0 Å². The third-order valence-electron chi connectivity index (χ3n) is 7.04. The minimum absolute atomic E-state index is 0.125. The smallest absolute Gasteiger partial charge is 0.287 e. The van der Waals surface area contributed by atoms with E-state index in [-0.39, 0.29) is 23.7 Å². The highest BCUT2D eigenvalue weighted by molar-refractivity contribution is 6.37. The summed E-state index contributed by atoms with van der Waals surface area (Å²) < 4.78 is 0. The predicted octanol–water partition coefficient (Wildman–Crippen LogP) is 1.52. The molecule has 2 fully saturated rings. The van der Waals surface area contributed by atoms with Gasteiger partial charge in [0.2, 0.25) is 17.6 Å². The number of amides is 3. The van der Waals surface area contributed by atoms with Gasteiger partial charge in [0.25, 0.3) is 5.91 Å². The molecular formula is C24H40N4O4. The lowest BCUT2D eigenvalue weighted by molar-refractivity contribution is -0.143. The summed E-state index contributed by atoms with van der Waals surface area (Å²) in [5.41, 5.74) is 11.9. The van der Waals surface area contributed by atoms with Crippen LogP contribution in [-0.2, 0) is 19.2 Å².